The summed E-state index contributed by atoms with van der Waals surface area (Å²) in [7, 11) is 0. The molecule has 0 aliphatic carbocycles. The maximum Gasteiger partial charge on any atom is 0.289 e. The summed E-state index contributed by atoms with van der Waals surface area (Å²) in [6.45, 7) is 0.215. The van der Waals surface area contributed by atoms with Gasteiger partial charge in [0.2, 0.25) is 11.7 Å². The van der Waals surface area contributed by atoms with Gasteiger partial charge in [-0.25, -0.2) is 0 Å². The number of halogens is 1. The molecular formula is C13H9ClN4O4. The first-order valence-electron chi connectivity index (χ1n) is 6.18. The monoisotopic (exact) mass is 320 g/mol. The van der Waals surface area contributed by atoms with Crippen LogP contribution < -0.4 is 5.32 Å². The first kappa shape index (κ1) is 14.1. The SMILES string of the molecule is O=[N+]([O-])c1cc(NCc2nc(-c3ccco3)no2)ccc1Cl. The Balaban J connectivity index is 1.70. The van der Waals surface area contributed by atoms with Crippen LogP contribution in [0.2, 0.25) is 5.02 Å². The van der Waals surface area contributed by atoms with Crippen LogP contribution in [0, 0.1) is 10.1 Å². The van der Waals surface area contributed by atoms with Gasteiger partial charge in [-0.1, -0.05) is 16.8 Å². The fraction of sp³-hybridized carbons (Fsp3) is 0.0769. The van der Waals surface area contributed by atoms with E-state index in [2.05, 4.69) is 15.5 Å². The van der Waals surface area contributed by atoms with Gasteiger partial charge in [0.25, 0.3) is 5.69 Å². The smallest absolute Gasteiger partial charge is 0.289 e. The normalized spacial score (nSPS) is 10.6. The molecule has 0 aliphatic heterocycles. The molecule has 2 aromatic heterocycles. The highest BCUT2D eigenvalue weighted by Gasteiger charge is 2.14. The maximum absolute atomic E-state index is 10.8. The largest absolute Gasteiger partial charge is 0.461 e. The Labute approximate surface area is 128 Å². The Bertz CT molecular complexity index is 800. The quantitative estimate of drug-likeness (QED) is 0.566. The fourth-order valence-electron chi connectivity index (χ4n) is 1.77. The molecule has 0 atom stereocenters. The fourth-order valence-corrected chi connectivity index (χ4v) is 1.96. The van der Waals surface area contributed by atoms with Crippen molar-refractivity contribution in [2.24, 2.45) is 0 Å². The predicted molar refractivity (Wildman–Crippen MR) is 77.4 cm³/mol. The van der Waals surface area contributed by atoms with Crippen molar-refractivity contribution >= 4 is 23.0 Å². The Hall–Kier alpha value is -2.87. The second-order valence-corrected chi connectivity index (χ2v) is 4.67. The number of aromatic nitrogens is 2. The van der Waals surface area contributed by atoms with Crippen molar-refractivity contribution in [2.75, 3.05) is 5.32 Å². The third kappa shape index (κ3) is 2.91. The van der Waals surface area contributed by atoms with Gasteiger partial charge in [0.15, 0.2) is 5.76 Å². The van der Waals surface area contributed by atoms with E-state index in [4.69, 9.17) is 20.5 Å². The van der Waals surface area contributed by atoms with Crippen molar-refractivity contribution in [3.63, 3.8) is 0 Å². The number of nitrogens with one attached hydrogen (secondary N) is 1. The van der Waals surface area contributed by atoms with Crippen LogP contribution in [0.15, 0.2) is 45.5 Å². The van der Waals surface area contributed by atoms with Crippen molar-refractivity contribution in [1.29, 1.82) is 0 Å². The lowest BCUT2D eigenvalue weighted by Gasteiger charge is -2.03. The molecule has 9 heteroatoms. The van der Waals surface area contributed by atoms with Gasteiger partial charge >= 0.3 is 0 Å². The zero-order valence-corrected chi connectivity index (χ0v) is 11.8. The summed E-state index contributed by atoms with van der Waals surface area (Å²) in [5.74, 6) is 1.16. The van der Waals surface area contributed by atoms with Crippen molar-refractivity contribution in [1.82, 2.24) is 10.1 Å². The Kier molecular flexibility index (Phi) is 3.75. The zero-order chi connectivity index (χ0) is 15.5. The topological polar surface area (TPSA) is 107 Å². The van der Waals surface area contributed by atoms with Crippen molar-refractivity contribution in [3.8, 4) is 11.6 Å². The summed E-state index contributed by atoms with van der Waals surface area (Å²) >= 11 is 5.75. The Morgan fingerprint density at radius 2 is 2.23 bits per heavy atom. The minimum Gasteiger partial charge on any atom is -0.461 e. The van der Waals surface area contributed by atoms with E-state index in [-0.39, 0.29) is 17.3 Å². The minimum absolute atomic E-state index is 0.0773. The Morgan fingerprint density at radius 3 is 2.95 bits per heavy atom. The molecule has 3 aromatic rings. The molecule has 112 valence electrons. The van der Waals surface area contributed by atoms with E-state index in [1.54, 1.807) is 18.2 Å². The molecule has 1 N–H and O–H groups in total. The number of hydrogen-bond acceptors (Lipinski definition) is 7. The molecule has 8 nitrogen and oxygen atoms in total. The first-order chi connectivity index (χ1) is 10.6. The average Bonchev–Trinajstić information content (AvgIpc) is 3.17. The average molecular weight is 321 g/mol. The molecule has 0 saturated carbocycles. The number of benzene rings is 1. The van der Waals surface area contributed by atoms with Gasteiger partial charge < -0.3 is 14.3 Å². The molecule has 0 bridgehead atoms. The molecule has 0 spiro atoms. The van der Waals surface area contributed by atoms with Crippen LogP contribution in [0.25, 0.3) is 11.6 Å². The number of nitro benzene ring substituents is 1. The van der Waals surface area contributed by atoms with Gasteiger partial charge in [-0.3, -0.25) is 10.1 Å². The molecular weight excluding hydrogens is 312 g/mol. The predicted octanol–water partition coefficient (Wildman–Crippen LogP) is 3.50. The number of nitro groups is 1. The van der Waals surface area contributed by atoms with Crippen LogP contribution in [0.5, 0.6) is 0 Å². The summed E-state index contributed by atoms with van der Waals surface area (Å²) in [5, 5.41) is 17.6. The van der Waals surface area contributed by atoms with Crippen molar-refractivity contribution < 1.29 is 13.9 Å². The van der Waals surface area contributed by atoms with Gasteiger partial charge in [-0.15, -0.1) is 0 Å². The Morgan fingerprint density at radius 1 is 1.36 bits per heavy atom. The van der Waals surface area contributed by atoms with E-state index >= 15 is 0 Å². The number of rotatable bonds is 5. The summed E-state index contributed by atoms with van der Waals surface area (Å²) in [5.41, 5.74) is 0.349. The van der Waals surface area contributed by atoms with E-state index in [1.807, 2.05) is 0 Å². The van der Waals surface area contributed by atoms with Crippen molar-refractivity contribution in [3.05, 3.63) is 57.6 Å². The van der Waals surface area contributed by atoms with E-state index in [9.17, 15) is 10.1 Å². The molecule has 0 fully saturated rings. The van der Waals surface area contributed by atoms with Crippen LogP contribution in [0.3, 0.4) is 0 Å². The molecule has 22 heavy (non-hydrogen) atoms. The van der Waals surface area contributed by atoms with Crippen LogP contribution in [0.4, 0.5) is 11.4 Å². The van der Waals surface area contributed by atoms with Crippen LogP contribution in [-0.4, -0.2) is 15.1 Å². The summed E-state index contributed by atoms with van der Waals surface area (Å²) < 4.78 is 10.2. The molecule has 0 unspecified atom stereocenters. The minimum atomic E-state index is -0.546. The van der Waals surface area contributed by atoms with E-state index in [0.717, 1.165) is 0 Å². The summed E-state index contributed by atoms with van der Waals surface area (Å²) in [6.07, 6.45) is 1.51. The molecule has 0 amide bonds. The van der Waals surface area contributed by atoms with Crippen molar-refractivity contribution in [2.45, 2.75) is 6.54 Å². The lowest BCUT2D eigenvalue weighted by molar-refractivity contribution is -0.384. The third-order valence-electron chi connectivity index (χ3n) is 2.80. The molecule has 0 radical (unpaired) electrons. The highest BCUT2D eigenvalue weighted by molar-refractivity contribution is 6.32. The lowest BCUT2D eigenvalue weighted by Crippen LogP contribution is -2.00. The third-order valence-corrected chi connectivity index (χ3v) is 3.12. The highest BCUT2D eigenvalue weighted by atomic mass is 35.5. The standard InChI is InChI=1S/C13H9ClN4O4/c14-9-4-3-8(6-10(9)18(19)20)15-7-12-16-13(17-22-12)11-2-1-5-21-11/h1-6,15H,7H2. The van der Waals surface area contributed by atoms with Gasteiger partial charge in [0.05, 0.1) is 17.7 Å². The number of hydrogen-bond donors (Lipinski definition) is 1. The maximum atomic E-state index is 10.8. The molecule has 1 aromatic carbocycles. The molecule has 0 saturated heterocycles. The number of furan rings is 1. The van der Waals surface area contributed by atoms with Gasteiger partial charge in [-0.2, -0.15) is 4.98 Å². The molecule has 2 heterocycles. The van der Waals surface area contributed by atoms with E-state index in [0.29, 0.717) is 23.2 Å². The van der Waals surface area contributed by atoms with Crippen LogP contribution in [0.1, 0.15) is 5.89 Å². The lowest BCUT2D eigenvalue weighted by atomic mass is 10.3. The second-order valence-electron chi connectivity index (χ2n) is 4.27. The van der Waals surface area contributed by atoms with E-state index in [1.165, 1.54) is 18.4 Å². The van der Waals surface area contributed by atoms with Gasteiger partial charge in [-0.05, 0) is 24.3 Å². The zero-order valence-electron chi connectivity index (χ0n) is 11.0. The number of nitrogens with zero attached hydrogens (tertiary/aromatic N) is 3. The summed E-state index contributed by atoms with van der Waals surface area (Å²) in [6, 6.07) is 7.84. The molecule has 3 rings (SSSR count). The highest BCUT2D eigenvalue weighted by Crippen LogP contribution is 2.27. The number of anilines is 1. The van der Waals surface area contributed by atoms with E-state index < -0.39 is 4.92 Å². The van der Waals surface area contributed by atoms with Crippen LogP contribution >= 0.6 is 11.6 Å². The van der Waals surface area contributed by atoms with Gasteiger partial charge in [0.1, 0.15) is 5.02 Å². The molecule has 0 aliphatic rings. The second kappa shape index (κ2) is 5.86. The van der Waals surface area contributed by atoms with Gasteiger partial charge in [0, 0.05) is 11.8 Å². The first-order valence-corrected chi connectivity index (χ1v) is 6.55. The van der Waals surface area contributed by atoms with Crippen LogP contribution in [-0.2, 0) is 6.54 Å². The summed E-state index contributed by atoms with van der Waals surface area (Å²) in [4.78, 5) is 14.4.